The zero-order chi connectivity index (χ0) is 20.4. The molecule has 2 aliphatic rings. The second-order valence-corrected chi connectivity index (χ2v) is 7.91. The van der Waals surface area contributed by atoms with E-state index < -0.39 is 6.10 Å². The summed E-state index contributed by atoms with van der Waals surface area (Å²) in [6.45, 7) is 7.58. The van der Waals surface area contributed by atoms with E-state index in [0.717, 1.165) is 37.5 Å². The fraction of sp³-hybridized carbons (Fsp3) is 0.391. The first-order chi connectivity index (χ1) is 14.0. The Bertz CT molecular complexity index is 879. The molecule has 0 spiro atoms. The van der Waals surface area contributed by atoms with Gasteiger partial charge in [-0.2, -0.15) is 0 Å². The van der Waals surface area contributed by atoms with Crippen molar-refractivity contribution in [1.82, 2.24) is 9.80 Å². The van der Waals surface area contributed by atoms with Gasteiger partial charge < -0.3 is 15.0 Å². The number of carbonyl (C=O) groups is 2. The molecule has 0 aromatic heterocycles. The molecule has 1 N–H and O–H groups in total. The minimum atomic E-state index is -0.545. The number of benzene rings is 2. The maximum Gasteiger partial charge on any atom is 0.265 e. The van der Waals surface area contributed by atoms with E-state index in [1.165, 1.54) is 0 Å². The molecule has 1 atom stereocenters. The Kier molecular flexibility index (Phi) is 5.53. The summed E-state index contributed by atoms with van der Waals surface area (Å²) >= 11 is 0. The molecule has 4 rings (SSSR count). The zero-order valence-corrected chi connectivity index (χ0v) is 16.9. The number of amides is 2. The highest BCUT2D eigenvalue weighted by molar-refractivity contribution is 5.98. The van der Waals surface area contributed by atoms with Crippen LogP contribution in [0.5, 0.6) is 5.75 Å². The summed E-state index contributed by atoms with van der Waals surface area (Å²) in [6.07, 6.45) is 0.0108. The van der Waals surface area contributed by atoms with Crippen LogP contribution in [0.1, 0.15) is 29.8 Å². The van der Waals surface area contributed by atoms with Crippen molar-refractivity contribution in [3.8, 4) is 5.75 Å². The first-order valence-electron chi connectivity index (χ1n) is 10.2. The van der Waals surface area contributed by atoms with Crippen LogP contribution in [0.25, 0.3) is 0 Å². The normalized spacial score (nSPS) is 19.0. The van der Waals surface area contributed by atoms with Crippen LogP contribution in [0.2, 0.25) is 0 Å². The smallest absolute Gasteiger partial charge is 0.265 e. The maximum absolute atomic E-state index is 12.9. The van der Waals surface area contributed by atoms with E-state index in [-0.39, 0.29) is 11.8 Å². The van der Waals surface area contributed by atoms with Gasteiger partial charge >= 0.3 is 0 Å². The molecule has 0 aliphatic carbocycles. The quantitative estimate of drug-likeness (QED) is 0.868. The van der Waals surface area contributed by atoms with E-state index in [9.17, 15) is 9.59 Å². The number of para-hydroxylation sites is 1. The van der Waals surface area contributed by atoms with Gasteiger partial charge in [0.2, 0.25) is 0 Å². The number of fused-ring (bicyclic) bond motifs is 1. The van der Waals surface area contributed by atoms with Gasteiger partial charge in [0.1, 0.15) is 5.75 Å². The van der Waals surface area contributed by atoms with Crippen LogP contribution in [0.4, 0.5) is 5.69 Å². The van der Waals surface area contributed by atoms with Crippen LogP contribution in [-0.4, -0.2) is 59.9 Å². The van der Waals surface area contributed by atoms with E-state index in [0.29, 0.717) is 23.7 Å². The molecule has 6 heteroatoms. The van der Waals surface area contributed by atoms with Crippen molar-refractivity contribution in [3.63, 3.8) is 0 Å². The van der Waals surface area contributed by atoms with Gasteiger partial charge in [-0.3, -0.25) is 14.5 Å². The topological polar surface area (TPSA) is 61.9 Å². The highest BCUT2D eigenvalue weighted by atomic mass is 16.5. The number of piperazine rings is 1. The highest BCUT2D eigenvalue weighted by Gasteiger charge is 2.29. The number of nitrogens with one attached hydrogen (secondary N) is 1. The van der Waals surface area contributed by atoms with Crippen molar-refractivity contribution in [1.29, 1.82) is 0 Å². The molecule has 0 radical (unpaired) electrons. The van der Waals surface area contributed by atoms with E-state index in [1.807, 2.05) is 29.2 Å². The molecular weight excluding hydrogens is 366 g/mol. The van der Waals surface area contributed by atoms with Crippen molar-refractivity contribution in [2.75, 3.05) is 31.5 Å². The minimum Gasteiger partial charge on any atom is -0.480 e. The average molecular weight is 393 g/mol. The predicted molar refractivity (Wildman–Crippen MR) is 112 cm³/mol. The number of carbonyl (C=O) groups excluding carboxylic acids is 2. The number of nitrogens with zero attached hydrogens (tertiary/aromatic N) is 2. The third kappa shape index (κ3) is 4.27. The monoisotopic (exact) mass is 393 g/mol. The first kappa shape index (κ1) is 19.5. The van der Waals surface area contributed by atoms with Crippen LogP contribution in [0.15, 0.2) is 48.5 Å². The molecule has 1 saturated heterocycles. The van der Waals surface area contributed by atoms with Crippen LogP contribution in [0, 0.1) is 0 Å². The van der Waals surface area contributed by atoms with Crippen molar-refractivity contribution >= 4 is 17.5 Å². The van der Waals surface area contributed by atoms with Gasteiger partial charge in [-0.25, -0.2) is 0 Å². The predicted octanol–water partition coefficient (Wildman–Crippen LogP) is 2.80. The number of hydrogen-bond acceptors (Lipinski definition) is 4. The van der Waals surface area contributed by atoms with Gasteiger partial charge in [-0.1, -0.05) is 24.3 Å². The van der Waals surface area contributed by atoms with E-state index in [1.54, 1.807) is 24.3 Å². The van der Waals surface area contributed by atoms with E-state index >= 15 is 0 Å². The lowest BCUT2D eigenvalue weighted by Gasteiger charge is -2.37. The molecule has 2 aliphatic heterocycles. The van der Waals surface area contributed by atoms with Crippen LogP contribution < -0.4 is 10.1 Å². The minimum absolute atomic E-state index is 0.00836. The van der Waals surface area contributed by atoms with E-state index in [2.05, 4.69) is 24.1 Å². The van der Waals surface area contributed by atoms with Crippen LogP contribution in [-0.2, 0) is 11.2 Å². The lowest BCUT2D eigenvalue weighted by Crippen LogP contribution is -2.50. The summed E-state index contributed by atoms with van der Waals surface area (Å²) in [5, 5.41) is 2.90. The number of hydrogen-bond donors (Lipinski definition) is 1. The first-order valence-corrected chi connectivity index (χ1v) is 10.2. The maximum atomic E-state index is 12.9. The Morgan fingerprint density at radius 1 is 1.03 bits per heavy atom. The van der Waals surface area contributed by atoms with Crippen LogP contribution in [0.3, 0.4) is 0 Å². The van der Waals surface area contributed by atoms with Crippen molar-refractivity contribution in [3.05, 3.63) is 59.7 Å². The average Bonchev–Trinajstić information content (AvgIpc) is 3.18. The van der Waals surface area contributed by atoms with Crippen molar-refractivity contribution < 1.29 is 14.3 Å². The third-order valence-electron chi connectivity index (χ3n) is 5.65. The molecule has 2 aromatic carbocycles. The molecule has 2 heterocycles. The van der Waals surface area contributed by atoms with Crippen molar-refractivity contribution in [2.24, 2.45) is 0 Å². The Morgan fingerprint density at radius 3 is 2.52 bits per heavy atom. The molecule has 2 aromatic rings. The molecule has 1 fully saturated rings. The molecule has 1 unspecified atom stereocenters. The fourth-order valence-electron chi connectivity index (χ4n) is 3.91. The SMILES string of the molecule is CC(C)N1CCN(C(=O)c2cccc(NC(=O)C3Cc4ccccc4O3)c2)CC1. The number of ether oxygens (including phenoxy) is 1. The summed E-state index contributed by atoms with van der Waals surface area (Å²) in [5.74, 6) is 0.572. The Morgan fingerprint density at radius 2 is 1.79 bits per heavy atom. The summed E-state index contributed by atoms with van der Waals surface area (Å²) < 4.78 is 5.75. The summed E-state index contributed by atoms with van der Waals surface area (Å²) in [6, 6.07) is 15.3. The van der Waals surface area contributed by atoms with Gasteiger partial charge in [0.15, 0.2) is 6.10 Å². The molecular formula is C23H27N3O3. The van der Waals surface area contributed by atoms with Gasteiger partial charge in [0.25, 0.3) is 11.8 Å². The van der Waals surface area contributed by atoms with Gasteiger partial charge in [-0.05, 0) is 43.7 Å². The van der Waals surface area contributed by atoms with Gasteiger partial charge in [0, 0.05) is 49.9 Å². The summed E-state index contributed by atoms with van der Waals surface area (Å²) in [4.78, 5) is 29.8. The fourth-order valence-corrected chi connectivity index (χ4v) is 3.91. The highest BCUT2D eigenvalue weighted by Crippen LogP contribution is 2.28. The Labute approximate surface area is 171 Å². The Hall–Kier alpha value is -2.86. The molecule has 29 heavy (non-hydrogen) atoms. The largest absolute Gasteiger partial charge is 0.480 e. The summed E-state index contributed by atoms with van der Waals surface area (Å²) in [5.41, 5.74) is 2.25. The number of rotatable bonds is 4. The second-order valence-electron chi connectivity index (χ2n) is 7.91. The lowest BCUT2D eigenvalue weighted by molar-refractivity contribution is -0.122. The van der Waals surface area contributed by atoms with E-state index in [4.69, 9.17) is 4.74 Å². The molecule has 6 nitrogen and oxygen atoms in total. The Balaban J connectivity index is 1.38. The van der Waals surface area contributed by atoms with Crippen LogP contribution >= 0.6 is 0 Å². The second kappa shape index (κ2) is 8.25. The number of anilines is 1. The van der Waals surface area contributed by atoms with Gasteiger partial charge in [0.05, 0.1) is 0 Å². The summed E-state index contributed by atoms with van der Waals surface area (Å²) in [7, 11) is 0. The third-order valence-corrected chi connectivity index (χ3v) is 5.65. The molecule has 0 bridgehead atoms. The standard InChI is InChI=1S/C23H27N3O3/c1-16(2)25-10-12-26(13-11-25)23(28)18-7-5-8-19(14-18)24-22(27)21-15-17-6-3-4-9-20(17)29-21/h3-9,14,16,21H,10-13,15H2,1-2H3,(H,24,27). The molecule has 0 saturated carbocycles. The molecule has 152 valence electrons. The molecule has 2 amide bonds. The zero-order valence-electron chi connectivity index (χ0n) is 16.9. The lowest BCUT2D eigenvalue weighted by atomic mass is 10.1. The van der Waals surface area contributed by atoms with Gasteiger partial charge in [-0.15, -0.1) is 0 Å². The van der Waals surface area contributed by atoms with Crippen molar-refractivity contribution in [2.45, 2.75) is 32.4 Å².